The van der Waals surface area contributed by atoms with E-state index in [9.17, 15) is 0 Å². The van der Waals surface area contributed by atoms with Crippen LogP contribution in [0.25, 0.3) is 55.3 Å². The normalized spacial score (nSPS) is 11.5. The van der Waals surface area contributed by atoms with Gasteiger partial charge in [0.1, 0.15) is 5.82 Å². The van der Waals surface area contributed by atoms with Crippen molar-refractivity contribution in [2.75, 3.05) is 0 Å². The Bertz CT molecular complexity index is 1780. The van der Waals surface area contributed by atoms with Crippen molar-refractivity contribution in [3.63, 3.8) is 0 Å². The monoisotopic (exact) mass is 436 g/mol. The van der Waals surface area contributed by atoms with Gasteiger partial charge in [-0.3, -0.25) is 9.55 Å². The van der Waals surface area contributed by atoms with Crippen LogP contribution in [0.3, 0.4) is 0 Å². The summed E-state index contributed by atoms with van der Waals surface area (Å²) < 4.78 is 4.51. The molecule has 160 valence electrons. The molecule has 0 saturated heterocycles. The molecule has 4 heterocycles. The lowest BCUT2D eigenvalue weighted by Gasteiger charge is -2.09. The SMILES string of the molecule is c1ccc(-n2ccc3c4c5ccccc5n(-c5ccc(-c6cccnc6)cn5)c4ccc32)cc1. The number of benzene rings is 3. The molecule has 0 aliphatic rings. The minimum atomic E-state index is 0.903. The summed E-state index contributed by atoms with van der Waals surface area (Å²) >= 11 is 0. The van der Waals surface area contributed by atoms with Gasteiger partial charge in [0.15, 0.2) is 0 Å². The minimum Gasteiger partial charge on any atom is -0.317 e. The lowest BCUT2D eigenvalue weighted by molar-refractivity contribution is 1.08. The molecule has 7 aromatic rings. The maximum absolute atomic E-state index is 4.86. The molecule has 0 bridgehead atoms. The molecule has 4 heteroatoms. The van der Waals surface area contributed by atoms with Crippen molar-refractivity contribution < 1.29 is 0 Å². The standard InChI is InChI=1S/C30H20N4/c1-2-8-23(9-3-1)33-18-16-25-26(33)13-14-28-30(25)24-10-4-5-11-27(24)34(28)29-15-12-22(20-32-29)21-7-6-17-31-19-21/h1-20H. The third-order valence-electron chi connectivity index (χ3n) is 6.51. The average Bonchev–Trinajstić information content (AvgIpc) is 3.49. The van der Waals surface area contributed by atoms with E-state index >= 15 is 0 Å². The van der Waals surface area contributed by atoms with Crippen molar-refractivity contribution >= 4 is 32.7 Å². The second-order valence-electron chi connectivity index (χ2n) is 8.41. The van der Waals surface area contributed by atoms with E-state index in [1.54, 1.807) is 6.20 Å². The summed E-state index contributed by atoms with van der Waals surface area (Å²) in [5.74, 6) is 0.903. The molecule has 0 spiro atoms. The molecule has 34 heavy (non-hydrogen) atoms. The first-order valence-electron chi connectivity index (χ1n) is 11.3. The zero-order chi connectivity index (χ0) is 22.5. The summed E-state index contributed by atoms with van der Waals surface area (Å²) in [6.07, 6.45) is 7.74. The molecular formula is C30H20N4. The fourth-order valence-electron chi connectivity index (χ4n) is 4.97. The predicted octanol–water partition coefficient (Wildman–Crippen LogP) is 7.18. The summed E-state index contributed by atoms with van der Waals surface area (Å²) in [5.41, 5.74) is 6.78. The molecule has 0 aliphatic heterocycles. The van der Waals surface area contributed by atoms with Crippen LogP contribution in [-0.2, 0) is 0 Å². The van der Waals surface area contributed by atoms with Gasteiger partial charge in [-0.1, -0.05) is 42.5 Å². The zero-order valence-electron chi connectivity index (χ0n) is 18.3. The molecule has 0 fully saturated rings. The fraction of sp³-hybridized carbons (Fsp3) is 0. The summed E-state index contributed by atoms with van der Waals surface area (Å²) in [5, 5.41) is 3.72. The Kier molecular flexibility index (Phi) is 4.11. The molecule has 0 radical (unpaired) electrons. The summed E-state index contributed by atoms with van der Waals surface area (Å²) in [4.78, 5) is 9.09. The summed E-state index contributed by atoms with van der Waals surface area (Å²) in [7, 11) is 0. The Labute approximate surface area is 196 Å². The van der Waals surface area contributed by atoms with Crippen LogP contribution in [0.2, 0.25) is 0 Å². The molecule has 4 aromatic heterocycles. The van der Waals surface area contributed by atoms with E-state index in [0.29, 0.717) is 0 Å². The molecule has 3 aromatic carbocycles. The van der Waals surface area contributed by atoms with E-state index in [4.69, 9.17) is 4.98 Å². The van der Waals surface area contributed by atoms with E-state index in [-0.39, 0.29) is 0 Å². The largest absolute Gasteiger partial charge is 0.317 e. The molecule has 0 atom stereocenters. The van der Waals surface area contributed by atoms with Crippen LogP contribution in [0.15, 0.2) is 122 Å². The van der Waals surface area contributed by atoms with Crippen molar-refractivity contribution in [1.29, 1.82) is 0 Å². The number of fused-ring (bicyclic) bond motifs is 5. The Hall–Kier alpha value is -4.70. The van der Waals surface area contributed by atoms with E-state index in [1.165, 1.54) is 21.7 Å². The highest BCUT2D eigenvalue weighted by atomic mass is 15.1. The van der Waals surface area contributed by atoms with Crippen LogP contribution < -0.4 is 0 Å². The van der Waals surface area contributed by atoms with Gasteiger partial charge in [-0.05, 0) is 54.6 Å². The van der Waals surface area contributed by atoms with E-state index in [2.05, 4.69) is 105 Å². The summed E-state index contributed by atoms with van der Waals surface area (Å²) in [6, 6.07) is 33.9. The topological polar surface area (TPSA) is 35.6 Å². The highest BCUT2D eigenvalue weighted by Gasteiger charge is 2.17. The lowest BCUT2D eigenvalue weighted by Crippen LogP contribution is -1.97. The van der Waals surface area contributed by atoms with Crippen LogP contribution in [0, 0.1) is 0 Å². The van der Waals surface area contributed by atoms with Crippen molar-refractivity contribution in [2.45, 2.75) is 0 Å². The first-order chi connectivity index (χ1) is 16.9. The smallest absolute Gasteiger partial charge is 0.137 e. The van der Waals surface area contributed by atoms with Crippen LogP contribution in [-0.4, -0.2) is 19.1 Å². The van der Waals surface area contributed by atoms with Gasteiger partial charge in [-0.2, -0.15) is 0 Å². The number of hydrogen-bond acceptors (Lipinski definition) is 2. The molecule has 0 unspecified atom stereocenters. The van der Waals surface area contributed by atoms with Gasteiger partial charge >= 0.3 is 0 Å². The highest BCUT2D eigenvalue weighted by molar-refractivity contribution is 6.21. The van der Waals surface area contributed by atoms with Crippen molar-refractivity contribution in [3.8, 4) is 22.6 Å². The second-order valence-corrected chi connectivity index (χ2v) is 8.41. The Morgan fingerprint density at radius 3 is 2.18 bits per heavy atom. The highest BCUT2D eigenvalue weighted by Crippen LogP contribution is 2.37. The second kappa shape index (κ2) is 7.42. The first-order valence-corrected chi connectivity index (χ1v) is 11.3. The minimum absolute atomic E-state index is 0.903. The van der Waals surface area contributed by atoms with Gasteiger partial charge < -0.3 is 4.57 Å². The molecule has 0 aliphatic carbocycles. The Balaban J connectivity index is 1.47. The number of rotatable bonds is 3. The van der Waals surface area contributed by atoms with Gasteiger partial charge in [0.2, 0.25) is 0 Å². The average molecular weight is 437 g/mol. The molecule has 0 saturated carbocycles. The first kappa shape index (κ1) is 18.8. The van der Waals surface area contributed by atoms with E-state index < -0.39 is 0 Å². The predicted molar refractivity (Wildman–Crippen MR) is 139 cm³/mol. The van der Waals surface area contributed by atoms with E-state index in [1.807, 2.05) is 24.5 Å². The third kappa shape index (κ3) is 2.79. The van der Waals surface area contributed by atoms with Crippen LogP contribution in [0.1, 0.15) is 0 Å². The van der Waals surface area contributed by atoms with Crippen LogP contribution >= 0.6 is 0 Å². The maximum atomic E-state index is 4.86. The van der Waals surface area contributed by atoms with Gasteiger partial charge in [0.05, 0.1) is 16.6 Å². The quantitative estimate of drug-likeness (QED) is 0.294. The van der Waals surface area contributed by atoms with Crippen molar-refractivity contribution in [1.82, 2.24) is 19.1 Å². The lowest BCUT2D eigenvalue weighted by atomic mass is 10.1. The third-order valence-corrected chi connectivity index (χ3v) is 6.51. The summed E-state index contributed by atoms with van der Waals surface area (Å²) in [6.45, 7) is 0. The van der Waals surface area contributed by atoms with Crippen LogP contribution in [0.4, 0.5) is 0 Å². The molecule has 0 N–H and O–H groups in total. The molecule has 0 amide bonds. The van der Waals surface area contributed by atoms with Crippen LogP contribution in [0.5, 0.6) is 0 Å². The Morgan fingerprint density at radius 1 is 0.559 bits per heavy atom. The van der Waals surface area contributed by atoms with Gasteiger partial charge in [-0.15, -0.1) is 0 Å². The Morgan fingerprint density at radius 2 is 1.35 bits per heavy atom. The number of pyridine rings is 2. The fourth-order valence-corrected chi connectivity index (χ4v) is 4.97. The molecule has 4 nitrogen and oxygen atoms in total. The zero-order valence-corrected chi connectivity index (χ0v) is 18.3. The van der Waals surface area contributed by atoms with Gasteiger partial charge in [0, 0.05) is 57.8 Å². The number of para-hydroxylation sites is 2. The maximum Gasteiger partial charge on any atom is 0.137 e. The number of nitrogens with zero attached hydrogens (tertiary/aromatic N) is 4. The van der Waals surface area contributed by atoms with E-state index in [0.717, 1.165) is 33.7 Å². The van der Waals surface area contributed by atoms with Gasteiger partial charge in [0.25, 0.3) is 0 Å². The van der Waals surface area contributed by atoms with Crippen molar-refractivity contribution in [3.05, 3.63) is 122 Å². The molecule has 7 rings (SSSR count). The molecular weight excluding hydrogens is 416 g/mol. The number of aromatic nitrogens is 4. The van der Waals surface area contributed by atoms with Gasteiger partial charge in [-0.25, -0.2) is 4.98 Å². The number of hydrogen-bond donors (Lipinski definition) is 0. The van der Waals surface area contributed by atoms with Crippen molar-refractivity contribution in [2.24, 2.45) is 0 Å².